The van der Waals surface area contributed by atoms with Crippen LogP contribution in [0.3, 0.4) is 0 Å². The predicted octanol–water partition coefficient (Wildman–Crippen LogP) is 2.14. The molecule has 0 aliphatic carbocycles. The first kappa shape index (κ1) is 16.8. The van der Waals surface area contributed by atoms with Crippen molar-refractivity contribution in [2.75, 3.05) is 19.8 Å². The van der Waals surface area contributed by atoms with Crippen LogP contribution < -0.4 is 0 Å². The van der Waals surface area contributed by atoms with E-state index in [1.54, 1.807) is 0 Å². The third kappa shape index (κ3) is 6.54. The molecule has 102 valence electrons. The van der Waals surface area contributed by atoms with Crippen LogP contribution in [0.25, 0.3) is 0 Å². The summed E-state index contributed by atoms with van der Waals surface area (Å²) >= 11 is 0. The third-order valence-electron chi connectivity index (χ3n) is 2.31. The molecule has 5 nitrogen and oxygen atoms in total. The van der Waals surface area contributed by atoms with Crippen LogP contribution in [0.1, 0.15) is 20.3 Å². The second-order valence-electron chi connectivity index (χ2n) is 3.82. The van der Waals surface area contributed by atoms with Gasteiger partial charge < -0.3 is 13.6 Å². The van der Waals surface area contributed by atoms with Crippen molar-refractivity contribution in [3.8, 4) is 6.07 Å². The molecular formula is C12H21NO4Si. The van der Waals surface area contributed by atoms with Gasteiger partial charge in [-0.05, 0) is 32.9 Å². The summed E-state index contributed by atoms with van der Waals surface area (Å²) in [5.74, 6) is -0.835. The largest absolute Gasteiger partial charge is 0.489 e. The van der Waals surface area contributed by atoms with Crippen LogP contribution in [-0.2, 0) is 18.4 Å². The summed E-state index contributed by atoms with van der Waals surface area (Å²) in [5, 5.41) is 8.36. The lowest BCUT2D eigenvalue weighted by atomic mass is 10.4. The van der Waals surface area contributed by atoms with Crippen LogP contribution in [0.15, 0.2) is 12.3 Å². The van der Waals surface area contributed by atoms with E-state index in [0.717, 1.165) is 6.04 Å². The summed E-state index contributed by atoms with van der Waals surface area (Å²) in [4.78, 5) is 10.9. The Bertz CT molecular complexity index is 319. The smallest absolute Gasteiger partial charge is 0.335 e. The van der Waals surface area contributed by atoms with E-state index >= 15 is 0 Å². The molecule has 0 atom stereocenters. The fraction of sp³-hybridized carbons (Fsp3) is 0.667. The van der Waals surface area contributed by atoms with Crippen LogP contribution in [0.2, 0.25) is 12.6 Å². The maximum Gasteiger partial charge on any atom is 0.335 e. The Hall–Kier alpha value is -1.16. The zero-order valence-corrected chi connectivity index (χ0v) is 12.3. The van der Waals surface area contributed by atoms with Crippen LogP contribution in [0, 0.1) is 11.3 Å². The Morgan fingerprint density at radius 2 is 1.89 bits per heavy atom. The number of nitriles is 1. The second kappa shape index (κ2) is 8.86. The summed E-state index contributed by atoms with van der Waals surface area (Å²) in [7, 11) is -2.12. The summed E-state index contributed by atoms with van der Waals surface area (Å²) < 4.78 is 16.4. The number of rotatable bonds is 10. The van der Waals surface area contributed by atoms with Crippen molar-refractivity contribution >= 4 is 14.3 Å². The van der Waals surface area contributed by atoms with E-state index in [1.165, 1.54) is 6.07 Å². The zero-order chi connectivity index (χ0) is 14.0. The van der Waals surface area contributed by atoms with Crippen molar-refractivity contribution in [1.82, 2.24) is 0 Å². The average Bonchev–Trinajstić information content (AvgIpc) is 2.34. The fourth-order valence-corrected chi connectivity index (χ4v) is 3.89. The number of hydrogen-bond donors (Lipinski definition) is 0. The Morgan fingerprint density at radius 1 is 1.33 bits per heavy atom. The molecule has 18 heavy (non-hydrogen) atoms. The molecule has 0 saturated carbocycles. The van der Waals surface area contributed by atoms with Crippen LogP contribution in [0.5, 0.6) is 0 Å². The first-order chi connectivity index (χ1) is 8.49. The van der Waals surface area contributed by atoms with Gasteiger partial charge in [0.15, 0.2) is 5.76 Å². The van der Waals surface area contributed by atoms with Gasteiger partial charge in [-0.15, -0.1) is 0 Å². The van der Waals surface area contributed by atoms with E-state index in [0.29, 0.717) is 26.2 Å². The zero-order valence-electron chi connectivity index (χ0n) is 11.3. The quantitative estimate of drug-likeness (QED) is 0.200. The van der Waals surface area contributed by atoms with Crippen molar-refractivity contribution in [2.24, 2.45) is 0 Å². The standard InChI is InChI=1S/C12H21NO4Si/c1-5-16-18(4,17-6-2)9-7-8-15-11(3)12(14)10-13/h3,5-9H2,1-2,4H3. The minimum atomic E-state index is -2.12. The van der Waals surface area contributed by atoms with Gasteiger partial charge in [0.2, 0.25) is 0 Å². The molecule has 0 radical (unpaired) electrons. The molecule has 0 aliphatic rings. The van der Waals surface area contributed by atoms with Crippen LogP contribution in [-0.4, -0.2) is 34.2 Å². The molecule has 0 bridgehead atoms. The number of Topliss-reactive ketones (excluding diaryl/α,β-unsaturated/α-hetero) is 1. The van der Waals surface area contributed by atoms with Crippen molar-refractivity contribution in [3.05, 3.63) is 12.3 Å². The van der Waals surface area contributed by atoms with Gasteiger partial charge in [-0.3, -0.25) is 4.79 Å². The first-order valence-corrected chi connectivity index (χ1v) is 8.55. The topological polar surface area (TPSA) is 68.6 Å². The monoisotopic (exact) mass is 271 g/mol. The molecule has 0 aromatic heterocycles. The molecule has 0 rings (SSSR count). The van der Waals surface area contributed by atoms with Gasteiger partial charge in [0.25, 0.3) is 5.78 Å². The van der Waals surface area contributed by atoms with Gasteiger partial charge in [0.05, 0.1) is 6.61 Å². The molecule has 0 unspecified atom stereocenters. The first-order valence-electron chi connectivity index (χ1n) is 6.03. The number of hydrogen-bond acceptors (Lipinski definition) is 5. The fourth-order valence-electron chi connectivity index (χ4n) is 1.51. The molecule has 0 fully saturated rings. The van der Waals surface area contributed by atoms with E-state index < -0.39 is 14.3 Å². The number of allylic oxidation sites excluding steroid dienone is 1. The van der Waals surface area contributed by atoms with Gasteiger partial charge in [-0.2, -0.15) is 5.26 Å². The summed E-state index contributed by atoms with van der Waals surface area (Å²) in [6.07, 6.45) is 0.709. The molecule has 0 aromatic rings. The molecule has 0 N–H and O–H groups in total. The SMILES string of the molecule is C=C(OCCC[Si](C)(OCC)OCC)C(=O)C#N. The number of nitrogens with zero attached hydrogens (tertiary/aromatic N) is 1. The van der Waals surface area contributed by atoms with Gasteiger partial charge in [0.1, 0.15) is 6.07 Å². The summed E-state index contributed by atoms with van der Waals surface area (Å²) in [6.45, 7) is 10.9. The Morgan fingerprint density at radius 3 is 2.33 bits per heavy atom. The number of carbonyl (C=O) groups excluding carboxylic acids is 1. The molecule has 0 spiro atoms. The van der Waals surface area contributed by atoms with Crippen LogP contribution >= 0.6 is 0 Å². The lowest BCUT2D eigenvalue weighted by Gasteiger charge is -2.25. The van der Waals surface area contributed by atoms with E-state index in [2.05, 4.69) is 6.58 Å². The molecule has 0 amide bonds. The maximum atomic E-state index is 10.9. The van der Waals surface area contributed by atoms with E-state index in [4.69, 9.17) is 18.9 Å². The lowest BCUT2D eigenvalue weighted by molar-refractivity contribution is -0.113. The van der Waals surface area contributed by atoms with E-state index in [9.17, 15) is 4.79 Å². The van der Waals surface area contributed by atoms with Crippen molar-refractivity contribution in [1.29, 1.82) is 5.26 Å². The van der Waals surface area contributed by atoms with Gasteiger partial charge in [-0.1, -0.05) is 6.58 Å². The molecule has 0 heterocycles. The highest BCUT2D eigenvalue weighted by molar-refractivity contribution is 6.66. The van der Waals surface area contributed by atoms with Gasteiger partial charge >= 0.3 is 8.56 Å². The van der Waals surface area contributed by atoms with Gasteiger partial charge in [0, 0.05) is 13.2 Å². The number of carbonyl (C=O) groups is 1. The maximum absolute atomic E-state index is 10.9. The van der Waals surface area contributed by atoms with Crippen molar-refractivity contribution in [3.63, 3.8) is 0 Å². The van der Waals surface area contributed by atoms with Crippen molar-refractivity contribution in [2.45, 2.75) is 32.9 Å². The highest BCUT2D eigenvalue weighted by atomic mass is 28.4. The molecule has 0 saturated heterocycles. The predicted molar refractivity (Wildman–Crippen MR) is 70.0 cm³/mol. The summed E-state index contributed by atoms with van der Waals surface area (Å²) in [5.41, 5.74) is 0. The normalized spacial score (nSPS) is 10.8. The average molecular weight is 271 g/mol. The Balaban J connectivity index is 3.97. The van der Waals surface area contributed by atoms with Gasteiger partial charge in [-0.25, -0.2) is 0 Å². The lowest BCUT2D eigenvalue weighted by Crippen LogP contribution is -2.38. The minimum Gasteiger partial charge on any atom is -0.489 e. The van der Waals surface area contributed by atoms with E-state index in [-0.39, 0.29) is 5.76 Å². The molecule has 0 aliphatic heterocycles. The molecule has 6 heteroatoms. The highest BCUT2D eigenvalue weighted by Crippen LogP contribution is 2.16. The highest BCUT2D eigenvalue weighted by Gasteiger charge is 2.29. The molecular weight excluding hydrogens is 250 g/mol. The van der Waals surface area contributed by atoms with Crippen LogP contribution in [0.4, 0.5) is 0 Å². The van der Waals surface area contributed by atoms with Crippen molar-refractivity contribution < 1.29 is 18.4 Å². The third-order valence-corrected chi connectivity index (χ3v) is 5.37. The Labute approximate surface area is 110 Å². The molecule has 0 aromatic carbocycles. The summed E-state index contributed by atoms with van der Waals surface area (Å²) in [6, 6.07) is 2.24. The minimum absolute atomic E-state index is 0.103. The number of ether oxygens (including phenoxy) is 1. The Kier molecular flexibility index (Phi) is 8.29. The second-order valence-corrected chi connectivity index (χ2v) is 7.16. The number of ketones is 1. The van der Waals surface area contributed by atoms with E-state index in [1.807, 2.05) is 20.4 Å².